The monoisotopic (exact) mass is 381 g/mol. The maximum absolute atomic E-state index is 12.9. The Balaban J connectivity index is 1.70. The van der Waals surface area contributed by atoms with Crippen molar-refractivity contribution in [2.24, 2.45) is 0 Å². The summed E-state index contributed by atoms with van der Waals surface area (Å²) in [6, 6.07) is 13.2. The fraction of sp³-hybridized carbons (Fsp3) is 0.294. The third-order valence-corrected chi connectivity index (χ3v) is 5.06. The molecule has 2 aromatic rings. The summed E-state index contributed by atoms with van der Waals surface area (Å²) in [5.74, 6) is 0.644. The molecule has 0 aliphatic carbocycles. The van der Waals surface area contributed by atoms with Crippen LogP contribution in [0.5, 0.6) is 0 Å². The molecular weight excluding hydrogens is 365 g/mol. The quantitative estimate of drug-likeness (QED) is 0.711. The van der Waals surface area contributed by atoms with Gasteiger partial charge < -0.3 is 9.64 Å². The van der Waals surface area contributed by atoms with E-state index in [4.69, 9.17) is 4.74 Å². The van der Waals surface area contributed by atoms with Gasteiger partial charge in [0.05, 0.1) is 13.2 Å². The molecule has 0 unspecified atom stereocenters. The van der Waals surface area contributed by atoms with Gasteiger partial charge in [-0.3, -0.25) is 0 Å². The first-order chi connectivity index (χ1) is 10.7. The summed E-state index contributed by atoms with van der Waals surface area (Å²) >= 11 is 5.36. The first-order valence-corrected chi connectivity index (χ1v) is 8.99. The van der Waals surface area contributed by atoms with Crippen LogP contribution in [0, 0.1) is 5.82 Å². The summed E-state index contributed by atoms with van der Waals surface area (Å²) in [6.45, 7) is 3.42. The standard InChI is InChI=1S/C17H17BrFNOS/c18-14-9-16(20-5-7-21-8-6-20)11-17(10-14)22-12-13-1-3-15(19)4-2-13/h1-4,9-11H,5-8,12H2. The zero-order valence-electron chi connectivity index (χ0n) is 12.1. The topological polar surface area (TPSA) is 12.5 Å². The first kappa shape index (κ1) is 15.8. The molecular formula is C17H17BrFNOS. The number of morpholine rings is 1. The number of anilines is 1. The SMILES string of the molecule is Fc1ccc(CSc2cc(Br)cc(N3CCOCC3)c2)cc1. The van der Waals surface area contributed by atoms with Gasteiger partial charge in [-0.2, -0.15) is 0 Å². The second-order valence-corrected chi connectivity index (χ2v) is 7.12. The van der Waals surface area contributed by atoms with E-state index in [1.54, 1.807) is 11.8 Å². The molecule has 0 spiro atoms. The molecule has 1 saturated heterocycles. The molecule has 0 atom stereocenters. The number of hydrogen-bond donors (Lipinski definition) is 0. The van der Waals surface area contributed by atoms with Gasteiger partial charge in [0.2, 0.25) is 0 Å². The van der Waals surface area contributed by atoms with Crippen molar-refractivity contribution in [3.05, 3.63) is 58.3 Å². The van der Waals surface area contributed by atoms with Crippen molar-refractivity contribution < 1.29 is 9.13 Å². The first-order valence-electron chi connectivity index (χ1n) is 7.21. The second kappa shape index (κ2) is 7.49. The predicted molar refractivity (Wildman–Crippen MR) is 93.1 cm³/mol. The third kappa shape index (κ3) is 4.24. The summed E-state index contributed by atoms with van der Waals surface area (Å²) in [5.41, 5.74) is 2.35. The van der Waals surface area contributed by atoms with E-state index < -0.39 is 0 Å². The van der Waals surface area contributed by atoms with Gasteiger partial charge >= 0.3 is 0 Å². The van der Waals surface area contributed by atoms with Crippen molar-refractivity contribution in [3.63, 3.8) is 0 Å². The van der Waals surface area contributed by atoms with Gasteiger partial charge in [-0.15, -0.1) is 11.8 Å². The van der Waals surface area contributed by atoms with Crippen LogP contribution in [0.3, 0.4) is 0 Å². The summed E-state index contributed by atoms with van der Waals surface area (Å²) in [6.07, 6.45) is 0. The zero-order chi connectivity index (χ0) is 15.4. The van der Waals surface area contributed by atoms with Crippen molar-refractivity contribution in [2.75, 3.05) is 31.2 Å². The Kier molecular flexibility index (Phi) is 5.39. The lowest BCUT2D eigenvalue weighted by molar-refractivity contribution is 0.122. The van der Waals surface area contributed by atoms with E-state index in [-0.39, 0.29) is 5.82 Å². The number of rotatable bonds is 4. The Morgan fingerprint density at radius 1 is 1.09 bits per heavy atom. The highest BCUT2D eigenvalue weighted by Crippen LogP contribution is 2.31. The van der Waals surface area contributed by atoms with E-state index in [0.717, 1.165) is 42.1 Å². The highest BCUT2D eigenvalue weighted by Gasteiger charge is 2.12. The van der Waals surface area contributed by atoms with Crippen molar-refractivity contribution in [3.8, 4) is 0 Å². The van der Waals surface area contributed by atoms with Gasteiger partial charge in [0.25, 0.3) is 0 Å². The molecule has 3 rings (SSSR count). The van der Waals surface area contributed by atoms with Crippen LogP contribution in [0.1, 0.15) is 5.56 Å². The van der Waals surface area contributed by atoms with E-state index in [0.29, 0.717) is 0 Å². The lowest BCUT2D eigenvalue weighted by Crippen LogP contribution is -2.36. The molecule has 2 nitrogen and oxygen atoms in total. The average Bonchev–Trinajstić information content (AvgIpc) is 2.55. The molecule has 116 valence electrons. The molecule has 0 aromatic heterocycles. The molecule has 0 amide bonds. The van der Waals surface area contributed by atoms with Gasteiger partial charge in [0.1, 0.15) is 5.82 Å². The van der Waals surface area contributed by atoms with Crippen LogP contribution in [0.4, 0.5) is 10.1 Å². The van der Waals surface area contributed by atoms with Crippen LogP contribution in [0.2, 0.25) is 0 Å². The normalized spacial score (nSPS) is 15.1. The second-order valence-electron chi connectivity index (χ2n) is 5.16. The third-order valence-electron chi connectivity index (χ3n) is 3.55. The number of benzene rings is 2. The van der Waals surface area contributed by atoms with E-state index in [1.165, 1.54) is 22.7 Å². The summed E-state index contributed by atoms with van der Waals surface area (Å²) in [5, 5.41) is 0. The Labute approximate surface area is 142 Å². The number of thioether (sulfide) groups is 1. The summed E-state index contributed by atoms with van der Waals surface area (Å²) < 4.78 is 19.4. The Morgan fingerprint density at radius 3 is 2.55 bits per heavy atom. The molecule has 1 heterocycles. The number of hydrogen-bond acceptors (Lipinski definition) is 3. The zero-order valence-corrected chi connectivity index (χ0v) is 14.5. The predicted octanol–water partition coefficient (Wildman–Crippen LogP) is 4.72. The fourth-order valence-electron chi connectivity index (χ4n) is 2.38. The molecule has 22 heavy (non-hydrogen) atoms. The summed E-state index contributed by atoms with van der Waals surface area (Å²) in [4.78, 5) is 3.55. The van der Waals surface area contributed by atoms with Crippen molar-refractivity contribution in [1.29, 1.82) is 0 Å². The van der Waals surface area contributed by atoms with Gasteiger partial charge in [0.15, 0.2) is 0 Å². The van der Waals surface area contributed by atoms with Crippen molar-refractivity contribution in [1.82, 2.24) is 0 Å². The number of halogens is 2. The smallest absolute Gasteiger partial charge is 0.123 e. The van der Waals surface area contributed by atoms with E-state index in [9.17, 15) is 4.39 Å². The molecule has 1 fully saturated rings. The van der Waals surface area contributed by atoms with Crippen molar-refractivity contribution in [2.45, 2.75) is 10.6 Å². The maximum Gasteiger partial charge on any atom is 0.123 e. The number of nitrogens with zero attached hydrogens (tertiary/aromatic N) is 1. The molecule has 5 heteroatoms. The van der Waals surface area contributed by atoms with Gasteiger partial charge in [-0.25, -0.2) is 4.39 Å². The molecule has 1 aliphatic heterocycles. The lowest BCUT2D eigenvalue weighted by atomic mass is 10.2. The van der Waals surface area contributed by atoms with Crippen LogP contribution in [0.15, 0.2) is 51.8 Å². The van der Waals surface area contributed by atoms with E-state index >= 15 is 0 Å². The average molecular weight is 382 g/mol. The molecule has 1 aliphatic rings. The Bertz CT molecular complexity index is 629. The van der Waals surface area contributed by atoms with Gasteiger partial charge in [0, 0.05) is 33.9 Å². The van der Waals surface area contributed by atoms with E-state index in [1.807, 2.05) is 12.1 Å². The molecule has 2 aromatic carbocycles. The van der Waals surface area contributed by atoms with Crippen LogP contribution >= 0.6 is 27.7 Å². The van der Waals surface area contributed by atoms with Gasteiger partial charge in [-0.1, -0.05) is 28.1 Å². The van der Waals surface area contributed by atoms with Crippen LogP contribution in [0.25, 0.3) is 0 Å². The van der Waals surface area contributed by atoms with Gasteiger partial charge in [-0.05, 0) is 35.9 Å². The van der Waals surface area contributed by atoms with E-state index in [2.05, 4.69) is 39.0 Å². The Hall–Kier alpha value is -1.04. The maximum atomic E-state index is 12.9. The molecule has 0 saturated carbocycles. The Morgan fingerprint density at radius 2 is 1.82 bits per heavy atom. The fourth-order valence-corrected chi connectivity index (χ4v) is 3.96. The van der Waals surface area contributed by atoms with Crippen molar-refractivity contribution >= 4 is 33.4 Å². The minimum Gasteiger partial charge on any atom is -0.378 e. The molecule has 0 N–H and O–H groups in total. The van der Waals surface area contributed by atoms with Crippen LogP contribution < -0.4 is 4.90 Å². The lowest BCUT2D eigenvalue weighted by Gasteiger charge is -2.29. The largest absolute Gasteiger partial charge is 0.378 e. The van der Waals surface area contributed by atoms with Crippen LogP contribution in [-0.2, 0) is 10.5 Å². The summed E-state index contributed by atoms with van der Waals surface area (Å²) in [7, 11) is 0. The minimum atomic E-state index is -0.189. The highest BCUT2D eigenvalue weighted by molar-refractivity contribution is 9.10. The molecule has 0 bridgehead atoms. The number of ether oxygens (including phenoxy) is 1. The minimum absolute atomic E-state index is 0.189. The van der Waals surface area contributed by atoms with Crippen LogP contribution in [-0.4, -0.2) is 26.3 Å². The highest BCUT2D eigenvalue weighted by atomic mass is 79.9. The molecule has 0 radical (unpaired) electrons.